The van der Waals surface area contributed by atoms with Crippen molar-refractivity contribution in [2.24, 2.45) is 5.92 Å². The molecule has 1 N–H and O–H groups in total. The Balaban J connectivity index is 2.00. The number of para-hydroxylation sites is 2. The van der Waals surface area contributed by atoms with E-state index in [-0.39, 0.29) is 24.4 Å². The first-order chi connectivity index (χ1) is 12.6. The summed E-state index contributed by atoms with van der Waals surface area (Å²) in [5.74, 6) is -0.518. The maximum atomic E-state index is 12.6. The molecule has 138 valence electrons. The minimum absolute atomic E-state index is 0.113. The molecule has 5 nitrogen and oxygen atoms in total. The number of benzene rings is 2. The van der Waals surface area contributed by atoms with E-state index in [4.69, 9.17) is 9.47 Å². The third-order valence-electron chi connectivity index (χ3n) is 4.35. The molecule has 0 saturated carbocycles. The highest BCUT2D eigenvalue weighted by Crippen LogP contribution is 2.28. The Bertz CT molecular complexity index is 730. The molecule has 0 heterocycles. The number of esters is 1. The topological polar surface area (TPSA) is 64.6 Å². The van der Waals surface area contributed by atoms with Crippen LogP contribution < -0.4 is 10.1 Å². The SMILES string of the molecule is CC[C@H](C)[C@@H](C(=O)OCC(=O)Nc1ccccc1OC)c1ccccc1. The predicted octanol–water partition coefficient (Wildman–Crippen LogP) is 4.01. The minimum atomic E-state index is -0.404. The summed E-state index contributed by atoms with van der Waals surface area (Å²) < 4.78 is 10.5. The zero-order chi connectivity index (χ0) is 18.9. The number of rotatable bonds is 8. The number of ether oxygens (including phenoxy) is 2. The molecule has 2 rings (SSSR count). The summed E-state index contributed by atoms with van der Waals surface area (Å²) in [7, 11) is 1.53. The number of nitrogens with one attached hydrogen (secondary N) is 1. The van der Waals surface area contributed by atoms with E-state index in [1.165, 1.54) is 7.11 Å². The first kappa shape index (κ1) is 19.5. The molecule has 0 aliphatic carbocycles. The van der Waals surface area contributed by atoms with Crippen LogP contribution in [-0.2, 0) is 14.3 Å². The average Bonchev–Trinajstić information content (AvgIpc) is 2.67. The lowest BCUT2D eigenvalue weighted by atomic mass is 9.86. The maximum absolute atomic E-state index is 12.6. The van der Waals surface area contributed by atoms with Crippen molar-refractivity contribution in [1.82, 2.24) is 0 Å². The largest absolute Gasteiger partial charge is 0.495 e. The third-order valence-corrected chi connectivity index (χ3v) is 4.35. The van der Waals surface area contributed by atoms with Crippen LogP contribution in [0.25, 0.3) is 0 Å². The Morgan fingerprint density at radius 3 is 2.35 bits per heavy atom. The molecular weight excluding hydrogens is 330 g/mol. The highest BCUT2D eigenvalue weighted by Gasteiger charge is 2.27. The van der Waals surface area contributed by atoms with Gasteiger partial charge in [-0.25, -0.2) is 0 Å². The molecular formula is C21H25NO4. The van der Waals surface area contributed by atoms with Crippen molar-refractivity contribution in [3.05, 3.63) is 60.2 Å². The van der Waals surface area contributed by atoms with Gasteiger partial charge in [-0.1, -0.05) is 62.7 Å². The Hall–Kier alpha value is -2.82. The molecule has 0 aliphatic rings. The van der Waals surface area contributed by atoms with Crippen LogP contribution in [0, 0.1) is 5.92 Å². The second-order valence-electron chi connectivity index (χ2n) is 6.13. The second-order valence-corrected chi connectivity index (χ2v) is 6.13. The zero-order valence-electron chi connectivity index (χ0n) is 15.4. The summed E-state index contributed by atoms with van der Waals surface area (Å²) in [6.45, 7) is 3.70. The van der Waals surface area contributed by atoms with E-state index in [9.17, 15) is 9.59 Å². The first-order valence-corrected chi connectivity index (χ1v) is 8.71. The van der Waals surface area contributed by atoms with Gasteiger partial charge in [-0.3, -0.25) is 9.59 Å². The summed E-state index contributed by atoms with van der Waals surface area (Å²) in [6, 6.07) is 16.6. The van der Waals surface area contributed by atoms with Crippen LogP contribution in [0.5, 0.6) is 5.75 Å². The van der Waals surface area contributed by atoms with Gasteiger partial charge >= 0.3 is 5.97 Å². The van der Waals surface area contributed by atoms with E-state index in [2.05, 4.69) is 5.32 Å². The lowest BCUT2D eigenvalue weighted by Crippen LogP contribution is -2.27. The quantitative estimate of drug-likeness (QED) is 0.727. The molecule has 2 atom stereocenters. The molecule has 0 fully saturated rings. The van der Waals surface area contributed by atoms with Gasteiger partial charge in [0, 0.05) is 0 Å². The number of amides is 1. The normalized spacial score (nSPS) is 12.7. The number of hydrogen-bond donors (Lipinski definition) is 1. The summed E-state index contributed by atoms with van der Waals surface area (Å²) in [6.07, 6.45) is 0.835. The van der Waals surface area contributed by atoms with Gasteiger partial charge in [0.25, 0.3) is 5.91 Å². The minimum Gasteiger partial charge on any atom is -0.495 e. The molecule has 2 aromatic carbocycles. The third kappa shape index (κ3) is 5.09. The number of anilines is 1. The van der Waals surface area contributed by atoms with Gasteiger partial charge in [0.2, 0.25) is 0 Å². The van der Waals surface area contributed by atoms with Gasteiger partial charge in [0.05, 0.1) is 18.7 Å². The van der Waals surface area contributed by atoms with E-state index in [0.29, 0.717) is 11.4 Å². The van der Waals surface area contributed by atoms with E-state index in [1.54, 1.807) is 18.2 Å². The highest BCUT2D eigenvalue weighted by molar-refractivity contribution is 5.94. The molecule has 0 radical (unpaired) electrons. The van der Waals surface area contributed by atoms with Crippen LogP contribution in [0.2, 0.25) is 0 Å². The lowest BCUT2D eigenvalue weighted by Gasteiger charge is -2.21. The molecule has 5 heteroatoms. The van der Waals surface area contributed by atoms with E-state index in [1.807, 2.05) is 50.2 Å². The zero-order valence-corrected chi connectivity index (χ0v) is 15.4. The van der Waals surface area contributed by atoms with Crippen LogP contribution in [0.15, 0.2) is 54.6 Å². The lowest BCUT2D eigenvalue weighted by molar-refractivity contribution is -0.150. The number of hydrogen-bond acceptors (Lipinski definition) is 4. The fourth-order valence-corrected chi connectivity index (χ4v) is 2.75. The standard InChI is InChI=1S/C21H25NO4/c1-4-15(2)20(16-10-6-5-7-11-16)21(24)26-14-19(23)22-17-12-8-9-13-18(17)25-3/h5-13,15,20H,4,14H2,1-3H3,(H,22,23)/t15-,20+/m0/s1. The van der Waals surface area contributed by atoms with Crippen LogP contribution in [-0.4, -0.2) is 25.6 Å². The maximum Gasteiger partial charge on any atom is 0.314 e. The van der Waals surface area contributed by atoms with Gasteiger partial charge in [-0.2, -0.15) is 0 Å². The van der Waals surface area contributed by atoms with E-state index >= 15 is 0 Å². The first-order valence-electron chi connectivity index (χ1n) is 8.71. The van der Waals surface area contributed by atoms with Gasteiger partial charge in [0.15, 0.2) is 6.61 Å². The summed E-state index contributed by atoms with van der Waals surface area (Å²) in [5.41, 5.74) is 1.44. The smallest absolute Gasteiger partial charge is 0.314 e. The molecule has 1 amide bonds. The van der Waals surface area contributed by atoms with Crippen LogP contribution in [0.1, 0.15) is 31.7 Å². The fourth-order valence-electron chi connectivity index (χ4n) is 2.75. The fraction of sp³-hybridized carbons (Fsp3) is 0.333. The van der Waals surface area contributed by atoms with Gasteiger partial charge in [-0.05, 0) is 23.6 Å². The summed E-state index contributed by atoms with van der Waals surface area (Å²) in [5, 5.41) is 2.70. The predicted molar refractivity (Wildman–Crippen MR) is 101 cm³/mol. The van der Waals surface area contributed by atoms with Crippen LogP contribution in [0.3, 0.4) is 0 Å². The number of carbonyl (C=O) groups is 2. The molecule has 0 saturated heterocycles. The number of carbonyl (C=O) groups excluding carboxylic acids is 2. The van der Waals surface area contributed by atoms with E-state index < -0.39 is 5.91 Å². The monoisotopic (exact) mass is 355 g/mol. The van der Waals surface area contributed by atoms with Crippen molar-refractivity contribution in [2.75, 3.05) is 19.0 Å². The van der Waals surface area contributed by atoms with Crippen molar-refractivity contribution >= 4 is 17.6 Å². The van der Waals surface area contributed by atoms with Crippen molar-refractivity contribution in [2.45, 2.75) is 26.2 Å². The van der Waals surface area contributed by atoms with Crippen LogP contribution >= 0.6 is 0 Å². The van der Waals surface area contributed by atoms with Crippen molar-refractivity contribution in [3.8, 4) is 5.75 Å². The molecule has 0 aromatic heterocycles. The molecule has 0 spiro atoms. The molecule has 0 bridgehead atoms. The van der Waals surface area contributed by atoms with E-state index in [0.717, 1.165) is 12.0 Å². The molecule has 26 heavy (non-hydrogen) atoms. The number of methoxy groups -OCH3 is 1. The van der Waals surface area contributed by atoms with Crippen molar-refractivity contribution in [3.63, 3.8) is 0 Å². The molecule has 0 aliphatic heterocycles. The van der Waals surface area contributed by atoms with Gasteiger partial charge in [-0.15, -0.1) is 0 Å². The molecule has 0 unspecified atom stereocenters. The molecule has 2 aromatic rings. The Labute approximate surface area is 154 Å². The highest BCUT2D eigenvalue weighted by atomic mass is 16.5. The summed E-state index contributed by atoms with van der Waals surface area (Å²) in [4.78, 5) is 24.7. The Morgan fingerprint density at radius 2 is 1.69 bits per heavy atom. The average molecular weight is 355 g/mol. The summed E-state index contributed by atoms with van der Waals surface area (Å²) >= 11 is 0. The van der Waals surface area contributed by atoms with Crippen molar-refractivity contribution < 1.29 is 19.1 Å². The van der Waals surface area contributed by atoms with Gasteiger partial charge < -0.3 is 14.8 Å². The second kappa shape index (κ2) is 9.61. The van der Waals surface area contributed by atoms with Crippen molar-refractivity contribution in [1.29, 1.82) is 0 Å². The Kier molecular flexibility index (Phi) is 7.21. The van der Waals surface area contributed by atoms with Gasteiger partial charge in [0.1, 0.15) is 5.75 Å². The van der Waals surface area contributed by atoms with Crippen LogP contribution in [0.4, 0.5) is 5.69 Å². The Morgan fingerprint density at radius 1 is 1.04 bits per heavy atom.